The van der Waals surface area contributed by atoms with Gasteiger partial charge >= 0.3 is 0 Å². The monoisotopic (exact) mass is 451 g/mol. The van der Waals surface area contributed by atoms with Gasteiger partial charge in [0.2, 0.25) is 5.88 Å². The molecule has 1 aromatic heterocycles. The predicted molar refractivity (Wildman–Crippen MR) is 126 cm³/mol. The van der Waals surface area contributed by atoms with Crippen molar-refractivity contribution in [3.05, 3.63) is 71.0 Å². The third-order valence-electron chi connectivity index (χ3n) is 6.17. The van der Waals surface area contributed by atoms with E-state index in [2.05, 4.69) is 16.1 Å². The third kappa shape index (κ3) is 4.93. The summed E-state index contributed by atoms with van der Waals surface area (Å²) >= 11 is 0. The minimum Gasteiger partial charge on any atom is -0.378 e. The Hall–Kier alpha value is -3.19. The number of hydrogen-bond acceptors (Lipinski definition) is 5. The van der Waals surface area contributed by atoms with Gasteiger partial charge in [-0.3, -0.25) is 4.79 Å². The lowest BCUT2D eigenvalue weighted by molar-refractivity contribution is 0.0666. The van der Waals surface area contributed by atoms with Crippen molar-refractivity contribution >= 4 is 11.8 Å². The normalized spacial score (nSPS) is 14.8. The van der Waals surface area contributed by atoms with E-state index in [0.717, 1.165) is 23.1 Å². The Balaban J connectivity index is 1.77. The van der Waals surface area contributed by atoms with E-state index in [1.807, 2.05) is 39.0 Å². The Morgan fingerprint density at radius 2 is 1.94 bits per heavy atom. The van der Waals surface area contributed by atoms with Crippen LogP contribution < -0.4 is 4.90 Å². The summed E-state index contributed by atoms with van der Waals surface area (Å²) in [5.41, 5.74) is 3.63. The zero-order chi connectivity index (χ0) is 23.4. The van der Waals surface area contributed by atoms with Crippen LogP contribution >= 0.6 is 0 Å². The van der Waals surface area contributed by atoms with Gasteiger partial charge in [0.1, 0.15) is 11.5 Å². The van der Waals surface area contributed by atoms with Crippen molar-refractivity contribution in [1.82, 2.24) is 10.1 Å². The van der Waals surface area contributed by atoms with E-state index in [9.17, 15) is 9.18 Å². The molecule has 1 saturated heterocycles. The fourth-order valence-corrected chi connectivity index (χ4v) is 4.09. The average Bonchev–Trinajstić information content (AvgIpc) is 3.26. The molecule has 6 nitrogen and oxygen atoms in total. The van der Waals surface area contributed by atoms with E-state index >= 15 is 0 Å². The molecule has 3 aromatic rings. The van der Waals surface area contributed by atoms with E-state index in [1.165, 1.54) is 12.1 Å². The number of nitrogens with zero attached hydrogens (tertiary/aromatic N) is 3. The van der Waals surface area contributed by atoms with Crippen LogP contribution in [0.4, 0.5) is 10.3 Å². The van der Waals surface area contributed by atoms with E-state index in [1.54, 1.807) is 17.0 Å². The topological polar surface area (TPSA) is 58.8 Å². The summed E-state index contributed by atoms with van der Waals surface area (Å²) in [4.78, 5) is 17.3. The molecule has 2 heterocycles. The van der Waals surface area contributed by atoms with Gasteiger partial charge in [0.15, 0.2) is 0 Å². The summed E-state index contributed by atoms with van der Waals surface area (Å²) in [5, 5.41) is 4.42. The number of halogens is 1. The molecule has 1 aliphatic rings. The maximum atomic E-state index is 14.5. The first-order valence-corrected chi connectivity index (χ1v) is 11.4. The van der Waals surface area contributed by atoms with Gasteiger partial charge in [0, 0.05) is 24.7 Å². The van der Waals surface area contributed by atoms with E-state index in [4.69, 9.17) is 9.26 Å². The maximum absolute atomic E-state index is 14.5. The van der Waals surface area contributed by atoms with Crippen LogP contribution in [0.5, 0.6) is 0 Å². The lowest BCUT2D eigenvalue weighted by Crippen LogP contribution is -2.40. The smallest absolute Gasteiger partial charge is 0.257 e. The van der Waals surface area contributed by atoms with Crippen LogP contribution in [0.1, 0.15) is 41.8 Å². The van der Waals surface area contributed by atoms with Gasteiger partial charge in [-0.2, -0.15) is 0 Å². The Bertz CT molecular complexity index is 1110. The largest absolute Gasteiger partial charge is 0.378 e. The summed E-state index contributed by atoms with van der Waals surface area (Å²) in [7, 11) is 0. The second-order valence-corrected chi connectivity index (χ2v) is 8.45. The van der Waals surface area contributed by atoms with Crippen LogP contribution in [0.3, 0.4) is 0 Å². The molecule has 0 aliphatic carbocycles. The zero-order valence-electron chi connectivity index (χ0n) is 19.4. The van der Waals surface area contributed by atoms with Gasteiger partial charge in [-0.05, 0) is 38.5 Å². The first kappa shape index (κ1) is 23.0. The second-order valence-electron chi connectivity index (χ2n) is 8.45. The fourth-order valence-electron chi connectivity index (χ4n) is 4.09. The molecule has 1 amide bonds. The summed E-state index contributed by atoms with van der Waals surface area (Å²) in [6, 6.07) is 14.1. The molecule has 7 heteroatoms. The van der Waals surface area contributed by atoms with Crippen molar-refractivity contribution in [2.75, 3.05) is 31.2 Å². The summed E-state index contributed by atoms with van der Waals surface area (Å²) < 4.78 is 25.9. The SMILES string of the molecule is CC[C@@H](C)N(Cc1c(-c2cccc(C)c2)noc1N1CCOCC1)C(=O)c1ccccc1F. The molecular weight excluding hydrogens is 421 g/mol. The molecule has 2 aromatic carbocycles. The highest BCUT2D eigenvalue weighted by molar-refractivity contribution is 5.94. The Morgan fingerprint density at radius 1 is 1.18 bits per heavy atom. The van der Waals surface area contributed by atoms with Crippen LogP contribution in [0.15, 0.2) is 53.1 Å². The van der Waals surface area contributed by atoms with Crippen LogP contribution in [-0.2, 0) is 11.3 Å². The van der Waals surface area contributed by atoms with Crippen molar-refractivity contribution in [1.29, 1.82) is 0 Å². The van der Waals surface area contributed by atoms with Gasteiger partial charge in [0.25, 0.3) is 5.91 Å². The zero-order valence-corrected chi connectivity index (χ0v) is 19.4. The van der Waals surface area contributed by atoms with Crippen LogP contribution in [0, 0.1) is 12.7 Å². The minimum atomic E-state index is -0.520. The third-order valence-corrected chi connectivity index (χ3v) is 6.17. The molecule has 4 rings (SSSR count). The number of aromatic nitrogens is 1. The highest BCUT2D eigenvalue weighted by atomic mass is 19.1. The molecule has 0 unspecified atom stereocenters. The van der Waals surface area contributed by atoms with Crippen molar-refractivity contribution in [3.63, 3.8) is 0 Å². The van der Waals surface area contributed by atoms with Gasteiger partial charge in [-0.15, -0.1) is 0 Å². The number of morpholine rings is 1. The average molecular weight is 452 g/mol. The molecule has 33 heavy (non-hydrogen) atoms. The van der Waals surface area contributed by atoms with Gasteiger partial charge in [-0.25, -0.2) is 4.39 Å². The quantitative estimate of drug-likeness (QED) is 0.502. The molecule has 0 N–H and O–H groups in total. The molecular formula is C26H30FN3O3. The van der Waals surface area contributed by atoms with Gasteiger partial charge in [0.05, 0.1) is 30.9 Å². The van der Waals surface area contributed by atoms with Crippen molar-refractivity contribution < 1.29 is 18.4 Å². The number of carbonyl (C=O) groups excluding carboxylic acids is 1. The molecule has 0 spiro atoms. The summed E-state index contributed by atoms with van der Waals surface area (Å²) in [6.07, 6.45) is 0.734. The van der Waals surface area contributed by atoms with E-state index in [-0.39, 0.29) is 24.1 Å². The Kier molecular flexibility index (Phi) is 7.08. The predicted octanol–water partition coefficient (Wildman–Crippen LogP) is 5.07. The summed E-state index contributed by atoms with van der Waals surface area (Å²) in [6.45, 7) is 8.85. The number of anilines is 1. The van der Waals surface area contributed by atoms with Gasteiger partial charge < -0.3 is 19.1 Å². The number of amides is 1. The maximum Gasteiger partial charge on any atom is 0.257 e. The Labute approximate surface area is 193 Å². The standard InChI is InChI=1S/C26H30FN3O3/c1-4-19(3)30(25(31)21-10-5-6-11-23(21)27)17-22-24(20-9-7-8-18(2)16-20)28-33-26(22)29-12-14-32-15-13-29/h5-11,16,19H,4,12-15,17H2,1-3H3/t19-/m1/s1. The lowest BCUT2D eigenvalue weighted by atomic mass is 10.0. The number of benzene rings is 2. The Morgan fingerprint density at radius 3 is 2.64 bits per heavy atom. The van der Waals surface area contributed by atoms with Crippen molar-refractivity contribution in [2.45, 2.75) is 39.8 Å². The first-order chi connectivity index (χ1) is 16.0. The van der Waals surface area contributed by atoms with Crippen LogP contribution in [0.25, 0.3) is 11.3 Å². The lowest BCUT2D eigenvalue weighted by Gasteiger charge is -2.31. The molecule has 0 bridgehead atoms. The van der Waals surface area contributed by atoms with Gasteiger partial charge in [-0.1, -0.05) is 48.0 Å². The fraction of sp³-hybridized carbons (Fsp3) is 0.385. The number of rotatable bonds is 7. The molecule has 0 radical (unpaired) electrons. The van der Waals surface area contributed by atoms with Crippen LogP contribution in [0.2, 0.25) is 0 Å². The van der Waals surface area contributed by atoms with Crippen molar-refractivity contribution in [3.8, 4) is 11.3 Å². The number of hydrogen-bond donors (Lipinski definition) is 0. The highest BCUT2D eigenvalue weighted by Gasteiger charge is 2.30. The highest BCUT2D eigenvalue weighted by Crippen LogP contribution is 2.34. The van der Waals surface area contributed by atoms with Crippen LogP contribution in [-0.4, -0.2) is 48.3 Å². The number of ether oxygens (including phenoxy) is 1. The molecule has 1 aliphatic heterocycles. The molecule has 1 fully saturated rings. The summed E-state index contributed by atoms with van der Waals surface area (Å²) in [5.74, 6) is -0.218. The number of carbonyl (C=O) groups is 1. The molecule has 1 atom stereocenters. The van der Waals surface area contributed by atoms with E-state index < -0.39 is 5.82 Å². The van der Waals surface area contributed by atoms with E-state index in [0.29, 0.717) is 37.9 Å². The molecule has 0 saturated carbocycles. The molecule has 174 valence electrons. The number of aryl methyl sites for hydroxylation is 1. The van der Waals surface area contributed by atoms with Crippen molar-refractivity contribution in [2.24, 2.45) is 0 Å². The minimum absolute atomic E-state index is 0.0688. The first-order valence-electron chi connectivity index (χ1n) is 11.4. The second kappa shape index (κ2) is 10.2.